The lowest BCUT2D eigenvalue weighted by atomic mass is 9.62. The number of ether oxygens (including phenoxy) is 1. The smallest absolute Gasteiger partial charge is 0.382 e. The van der Waals surface area contributed by atoms with E-state index < -0.39 is 11.6 Å². The zero-order chi connectivity index (χ0) is 20.0. The largest absolute Gasteiger partial charge is 0.472 e. The number of carboxylic acids is 1. The molecule has 3 heteroatoms. The molecule has 0 spiro atoms. The van der Waals surface area contributed by atoms with E-state index in [4.69, 9.17) is 9.84 Å². The highest BCUT2D eigenvalue weighted by atomic mass is 16.5. The molecule has 0 aliphatic heterocycles. The standard InChI is InChI=1S/C24H32O3/c1-16-13-19-20(23(4,5)12-11-22(19,2)3)14-18(16)17-7-9-24(15-17,27-6)10-8-21(25)26/h13-14,17H,7,9,11-12,15H2,1-6H3,(H,25,26). The predicted molar refractivity (Wildman–Crippen MR) is 108 cm³/mol. The van der Waals surface area contributed by atoms with Crippen molar-refractivity contribution in [1.82, 2.24) is 0 Å². The van der Waals surface area contributed by atoms with E-state index in [0.29, 0.717) is 5.92 Å². The van der Waals surface area contributed by atoms with Crippen LogP contribution in [0, 0.1) is 18.8 Å². The first-order valence-electron chi connectivity index (χ1n) is 9.96. The minimum atomic E-state index is -1.09. The van der Waals surface area contributed by atoms with Gasteiger partial charge in [0.25, 0.3) is 0 Å². The molecule has 0 heterocycles. The van der Waals surface area contributed by atoms with Crippen molar-refractivity contribution in [3.63, 3.8) is 0 Å². The number of carbonyl (C=O) groups is 1. The first kappa shape index (κ1) is 20.0. The van der Waals surface area contributed by atoms with Gasteiger partial charge in [0.05, 0.1) is 0 Å². The van der Waals surface area contributed by atoms with Gasteiger partial charge in [-0.3, -0.25) is 0 Å². The average Bonchev–Trinajstić information content (AvgIpc) is 3.02. The van der Waals surface area contributed by atoms with Gasteiger partial charge in [-0.2, -0.15) is 0 Å². The Balaban J connectivity index is 2.00. The van der Waals surface area contributed by atoms with Gasteiger partial charge in [0.2, 0.25) is 0 Å². The molecule has 1 N–H and O–H groups in total. The van der Waals surface area contributed by atoms with E-state index in [1.807, 2.05) is 0 Å². The van der Waals surface area contributed by atoms with E-state index in [-0.39, 0.29) is 10.8 Å². The third-order valence-electron chi connectivity index (χ3n) is 6.94. The Hall–Kier alpha value is -1.79. The molecule has 0 amide bonds. The van der Waals surface area contributed by atoms with Crippen molar-refractivity contribution < 1.29 is 14.6 Å². The molecule has 0 bridgehead atoms. The van der Waals surface area contributed by atoms with Crippen molar-refractivity contribution in [1.29, 1.82) is 0 Å². The van der Waals surface area contributed by atoms with Crippen LogP contribution in [0.2, 0.25) is 0 Å². The molecule has 1 fully saturated rings. The highest BCUT2D eigenvalue weighted by Crippen LogP contribution is 2.49. The number of aryl methyl sites for hydroxylation is 1. The van der Waals surface area contributed by atoms with Crippen molar-refractivity contribution >= 4 is 5.97 Å². The second-order valence-electron chi connectivity index (χ2n) is 9.72. The third kappa shape index (κ3) is 3.65. The predicted octanol–water partition coefficient (Wildman–Crippen LogP) is 5.08. The fourth-order valence-electron chi connectivity index (χ4n) is 4.97. The quantitative estimate of drug-likeness (QED) is 0.740. The summed E-state index contributed by atoms with van der Waals surface area (Å²) in [6, 6.07) is 4.84. The van der Waals surface area contributed by atoms with E-state index in [1.54, 1.807) is 7.11 Å². The fourth-order valence-corrected chi connectivity index (χ4v) is 4.97. The summed E-state index contributed by atoms with van der Waals surface area (Å²) in [5.74, 6) is 4.43. The monoisotopic (exact) mass is 368 g/mol. The summed E-state index contributed by atoms with van der Waals surface area (Å²) < 4.78 is 5.69. The van der Waals surface area contributed by atoms with E-state index in [1.165, 1.54) is 35.1 Å². The average molecular weight is 369 g/mol. The summed E-state index contributed by atoms with van der Waals surface area (Å²) in [4.78, 5) is 10.9. The number of rotatable bonds is 2. The molecule has 3 nitrogen and oxygen atoms in total. The Morgan fingerprint density at radius 3 is 2.26 bits per heavy atom. The van der Waals surface area contributed by atoms with Crippen LogP contribution in [-0.4, -0.2) is 23.8 Å². The van der Waals surface area contributed by atoms with Crippen LogP contribution in [0.1, 0.15) is 88.0 Å². The summed E-state index contributed by atoms with van der Waals surface area (Å²) >= 11 is 0. The zero-order valence-corrected chi connectivity index (χ0v) is 17.5. The molecule has 0 radical (unpaired) electrons. The normalized spacial score (nSPS) is 28.1. The van der Waals surface area contributed by atoms with Gasteiger partial charge in [0, 0.05) is 13.0 Å². The minimum Gasteiger partial charge on any atom is -0.472 e. The lowest BCUT2D eigenvalue weighted by molar-refractivity contribution is -0.130. The van der Waals surface area contributed by atoms with Crippen LogP contribution in [0.25, 0.3) is 0 Å². The van der Waals surface area contributed by atoms with E-state index in [9.17, 15) is 4.79 Å². The van der Waals surface area contributed by atoms with Crippen LogP contribution in [-0.2, 0) is 20.4 Å². The van der Waals surface area contributed by atoms with Gasteiger partial charge in [-0.1, -0.05) is 45.7 Å². The van der Waals surface area contributed by atoms with Gasteiger partial charge >= 0.3 is 5.97 Å². The number of hydrogen-bond donors (Lipinski definition) is 1. The Kier molecular flexibility index (Phi) is 4.93. The van der Waals surface area contributed by atoms with Gasteiger partial charge in [0.1, 0.15) is 5.60 Å². The van der Waals surface area contributed by atoms with Gasteiger partial charge < -0.3 is 9.84 Å². The topological polar surface area (TPSA) is 46.5 Å². The van der Waals surface area contributed by atoms with Crippen molar-refractivity contribution in [2.45, 2.75) is 89.1 Å². The number of fused-ring (bicyclic) bond motifs is 1. The lowest BCUT2D eigenvalue weighted by Gasteiger charge is -2.42. The van der Waals surface area contributed by atoms with Gasteiger partial charge in [-0.15, -0.1) is 0 Å². The lowest BCUT2D eigenvalue weighted by Crippen LogP contribution is -2.34. The molecule has 2 unspecified atom stereocenters. The summed E-state index contributed by atoms with van der Waals surface area (Å²) in [6.07, 6.45) is 4.93. The molecular formula is C24H32O3. The van der Waals surface area contributed by atoms with Crippen LogP contribution in [0.4, 0.5) is 0 Å². The number of aliphatic carboxylic acids is 1. The minimum absolute atomic E-state index is 0.188. The molecule has 3 rings (SSSR count). The Morgan fingerprint density at radius 1 is 1.11 bits per heavy atom. The number of methoxy groups -OCH3 is 1. The fraction of sp³-hybridized carbons (Fsp3) is 0.625. The highest BCUT2D eigenvalue weighted by molar-refractivity contribution is 5.86. The van der Waals surface area contributed by atoms with E-state index in [0.717, 1.165) is 19.3 Å². The van der Waals surface area contributed by atoms with Gasteiger partial charge in [0.15, 0.2) is 0 Å². The first-order valence-corrected chi connectivity index (χ1v) is 9.96. The third-order valence-corrected chi connectivity index (χ3v) is 6.94. The van der Waals surface area contributed by atoms with Crippen molar-refractivity contribution in [2.75, 3.05) is 7.11 Å². The second-order valence-corrected chi connectivity index (χ2v) is 9.72. The van der Waals surface area contributed by atoms with Crippen LogP contribution >= 0.6 is 0 Å². The maximum Gasteiger partial charge on any atom is 0.382 e. The molecule has 2 atom stereocenters. The summed E-state index contributed by atoms with van der Waals surface area (Å²) in [6.45, 7) is 11.6. The molecule has 0 saturated heterocycles. The molecule has 2 aliphatic rings. The number of hydrogen-bond acceptors (Lipinski definition) is 2. The van der Waals surface area contributed by atoms with Crippen molar-refractivity contribution in [3.05, 3.63) is 34.4 Å². The van der Waals surface area contributed by atoms with Gasteiger partial charge in [-0.25, -0.2) is 4.79 Å². The van der Waals surface area contributed by atoms with Crippen LogP contribution in [0.15, 0.2) is 12.1 Å². The maximum absolute atomic E-state index is 10.9. The Labute approximate surface area is 163 Å². The molecule has 146 valence electrons. The number of benzene rings is 1. The van der Waals surface area contributed by atoms with E-state index >= 15 is 0 Å². The molecule has 1 aromatic carbocycles. The molecule has 1 aromatic rings. The second kappa shape index (κ2) is 6.67. The maximum atomic E-state index is 10.9. The van der Waals surface area contributed by atoms with E-state index in [2.05, 4.69) is 58.6 Å². The van der Waals surface area contributed by atoms with Crippen LogP contribution < -0.4 is 0 Å². The van der Waals surface area contributed by atoms with Gasteiger partial charge in [-0.05, 0) is 78.0 Å². The molecular weight excluding hydrogens is 336 g/mol. The number of carboxylic acid groups (broad SMARTS) is 1. The molecule has 1 saturated carbocycles. The molecule has 0 aromatic heterocycles. The SMILES string of the molecule is COC1(C#CC(=O)O)CCC(c2cc3c(cc2C)C(C)(C)CCC3(C)C)C1. The molecule has 2 aliphatic carbocycles. The molecule has 27 heavy (non-hydrogen) atoms. The van der Waals surface area contributed by atoms with Crippen LogP contribution in [0.3, 0.4) is 0 Å². The summed E-state index contributed by atoms with van der Waals surface area (Å²) in [7, 11) is 1.64. The van der Waals surface area contributed by atoms with Crippen molar-refractivity contribution in [3.8, 4) is 11.8 Å². The van der Waals surface area contributed by atoms with Crippen molar-refractivity contribution in [2.24, 2.45) is 0 Å². The Morgan fingerprint density at radius 2 is 1.70 bits per heavy atom. The Bertz CT molecular complexity index is 822. The summed E-state index contributed by atoms with van der Waals surface area (Å²) in [5.41, 5.74) is 5.45. The zero-order valence-electron chi connectivity index (χ0n) is 17.5. The summed E-state index contributed by atoms with van der Waals surface area (Å²) in [5, 5.41) is 8.92. The highest BCUT2D eigenvalue weighted by Gasteiger charge is 2.41. The first-order chi connectivity index (χ1) is 12.5. The van der Waals surface area contributed by atoms with Crippen LogP contribution in [0.5, 0.6) is 0 Å².